The average molecular weight is 434 g/mol. The summed E-state index contributed by atoms with van der Waals surface area (Å²) >= 11 is 0. The van der Waals surface area contributed by atoms with Gasteiger partial charge in [0.05, 0.1) is 17.0 Å². The van der Waals surface area contributed by atoms with E-state index >= 15 is 0 Å². The number of nitrogens with zero attached hydrogens (tertiary/aromatic N) is 4. The van der Waals surface area contributed by atoms with Crippen LogP contribution >= 0.6 is 0 Å². The van der Waals surface area contributed by atoms with Crippen molar-refractivity contribution in [3.8, 4) is 17.6 Å². The highest BCUT2D eigenvalue weighted by molar-refractivity contribution is 5.88. The van der Waals surface area contributed by atoms with Crippen LogP contribution in [0.25, 0.3) is 11.0 Å². The molecule has 164 valence electrons. The average Bonchev–Trinajstić information content (AvgIpc) is 3.48. The van der Waals surface area contributed by atoms with E-state index in [-0.39, 0.29) is 24.1 Å². The molecule has 2 aromatic heterocycles. The summed E-state index contributed by atoms with van der Waals surface area (Å²) < 4.78 is 20.6. The first-order valence-corrected chi connectivity index (χ1v) is 10.5. The third-order valence-electron chi connectivity index (χ3n) is 6.44. The number of carbonyl (C=O) groups excluding carboxylic acids is 1. The number of likely N-dealkylation sites (tertiary alicyclic amines) is 2. The van der Waals surface area contributed by atoms with Crippen LogP contribution in [0.5, 0.6) is 11.5 Å². The predicted octanol–water partition coefficient (Wildman–Crippen LogP) is 2.15. The van der Waals surface area contributed by atoms with Gasteiger partial charge in [-0.15, -0.1) is 0 Å². The molecule has 0 aliphatic carbocycles. The molecule has 0 radical (unpaired) electrons. The number of nitrogens with one attached hydrogen (secondary N) is 1. The van der Waals surface area contributed by atoms with Gasteiger partial charge in [-0.05, 0) is 43.7 Å². The summed E-state index contributed by atoms with van der Waals surface area (Å²) in [6.07, 6.45) is 4.30. The summed E-state index contributed by atoms with van der Waals surface area (Å²) in [6.45, 7) is 1.58. The minimum Gasteiger partial charge on any atom is -0.453 e. The van der Waals surface area contributed by atoms with Gasteiger partial charge in [0.1, 0.15) is 17.5 Å². The lowest BCUT2D eigenvalue weighted by Crippen LogP contribution is -2.52. The molecule has 2 aliphatic heterocycles. The topological polar surface area (TPSA) is 111 Å². The molecule has 2 bridgehead atoms. The number of fused-ring (bicyclic) bond motifs is 3. The highest BCUT2D eigenvalue weighted by Gasteiger charge is 2.44. The number of pyridine rings is 1. The number of hydrogen-bond acceptors (Lipinski definition) is 6. The first-order valence-electron chi connectivity index (χ1n) is 10.5. The van der Waals surface area contributed by atoms with Crippen molar-refractivity contribution < 1.29 is 13.9 Å². The molecule has 3 atom stereocenters. The third kappa shape index (κ3) is 3.47. The van der Waals surface area contributed by atoms with Crippen molar-refractivity contribution in [2.24, 2.45) is 5.73 Å². The minimum atomic E-state index is -0.719. The van der Waals surface area contributed by atoms with E-state index in [4.69, 9.17) is 10.5 Å². The third-order valence-corrected chi connectivity index (χ3v) is 6.44. The number of ether oxygens (including phenoxy) is 1. The number of benzene rings is 1. The summed E-state index contributed by atoms with van der Waals surface area (Å²) in [6, 6.07) is 8.12. The largest absolute Gasteiger partial charge is 0.453 e. The summed E-state index contributed by atoms with van der Waals surface area (Å²) in [7, 11) is 2.08. The van der Waals surface area contributed by atoms with Gasteiger partial charge in [0.25, 0.3) is 0 Å². The molecule has 4 heterocycles. The van der Waals surface area contributed by atoms with Crippen molar-refractivity contribution in [2.45, 2.75) is 31.0 Å². The molecule has 0 saturated carbocycles. The zero-order chi connectivity index (χ0) is 22.4. The number of carbonyl (C=O) groups is 1. The number of aromatic nitrogens is 2. The van der Waals surface area contributed by atoms with Crippen LogP contribution in [0.4, 0.5) is 4.39 Å². The van der Waals surface area contributed by atoms with Crippen LogP contribution in [0.2, 0.25) is 0 Å². The van der Waals surface area contributed by atoms with Gasteiger partial charge in [0.2, 0.25) is 5.91 Å². The lowest BCUT2D eigenvalue weighted by atomic mass is 10.0. The molecule has 2 aliphatic rings. The number of nitriles is 1. The van der Waals surface area contributed by atoms with Gasteiger partial charge in [-0.1, -0.05) is 6.07 Å². The van der Waals surface area contributed by atoms with Crippen molar-refractivity contribution in [2.75, 3.05) is 20.1 Å². The zero-order valence-corrected chi connectivity index (χ0v) is 17.6. The molecule has 3 N–H and O–H groups in total. The Morgan fingerprint density at radius 3 is 2.91 bits per heavy atom. The number of nitrogens with two attached hydrogens (primary N) is 1. The number of piperazine rings is 1. The monoisotopic (exact) mass is 434 g/mol. The van der Waals surface area contributed by atoms with E-state index in [0.717, 1.165) is 13.0 Å². The van der Waals surface area contributed by atoms with Crippen LogP contribution in [-0.2, 0) is 11.2 Å². The Kier molecular flexibility index (Phi) is 5.04. The number of aromatic amines is 1. The number of halogens is 1. The Morgan fingerprint density at radius 2 is 2.22 bits per heavy atom. The Bertz CT molecular complexity index is 1230. The molecule has 0 spiro atoms. The maximum Gasteiger partial charge on any atom is 0.240 e. The van der Waals surface area contributed by atoms with Crippen molar-refractivity contribution in [3.05, 3.63) is 53.6 Å². The van der Waals surface area contributed by atoms with Crippen LogP contribution in [0.15, 0.2) is 36.7 Å². The summed E-state index contributed by atoms with van der Waals surface area (Å²) in [5, 5.41) is 9.79. The molecular weight excluding hydrogens is 411 g/mol. The lowest BCUT2D eigenvalue weighted by Gasteiger charge is -2.33. The van der Waals surface area contributed by atoms with E-state index in [2.05, 4.69) is 28.0 Å². The fourth-order valence-corrected chi connectivity index (χ4v) is 4.76. The van der Waals surface area contributed by atoms with E-state index in [0.29, 0.717) is 40.5 Å². The second kappa shape index (κ2) is 7.89. The van der Waals surface area contributed by atoms with Gasteiger partial charge in [-0.3, -0.25) is 9.69 Å². The molecule has 0 unspecified atom stereocenters. The highest BCUT2D eigenvalue weighted by Crippen LogP contribution is 2.33. The van der Waals surface area contributed by atoms with Gasteiger partial charge < -0.3 is 20.4 Å². The molecule has 8 nitrogen and oxygen atoms in total. The number of amides is 1. The lowest BCUT2D eigenvalue weighted by molar-refractivity contribution is -0.134. The number of hydrogen-bond donors (Lipinski definition) is 2. The molecule has 2 fully saturated rings. The van der Waals surface area contributed by atoms with Crippen LogP contribution in [0, 0.1) is 17.1 Å². The van der Waals surface area contributed by atoms with Crippen LogP contribution < -0.4 is 10.5 Å². The van der Waals surface area contributed by atoms with E-state index in [1.165, 1.54) is 24.5 Å². The summed E-state index contributed by atoms with van der Waals surface area (Å²) in [5.41, 5.74) is 7.67. The van der Waals surface area contributed by atoms with Crippen LogP contribution in [-0.4, -0.2) is 63.9 Å². The quantitative estimate of drug-likeness (QED) is 0.637. The first-order chi connectivity index (χ1) is 15.4. The molecule has 1 aromatic carbocycles. The normalized spacial score (nSPS) is 21.1. The first kappa shape index (κ1) is 20.4. The predicted molar refractivity (Wildman–Crippen MR) is 115 cm³/mol. The molecule has 5 rings (SSSR count). The Labute approximate surface area is 184 Å². The molecular formula is C23H23FN6O2. The zero-order valence-electron chi connectivity index (χ0n) is 17.6. The van der Waals surface area contributed by atoms with E-state index in [1.807, 2.05) is 4.90 Å². The fraction of sp³-hybridized carbons (Fsp3) is 0.348. The van der Waals surface area contributed by atoms with Crippen molar-refractivity contribution >= 4 is 16.9 Å². The standard InChI is InChI=1S/C23H23FN6O2/c1-29-11-16-8-15(29)12-30(16)23(31)18(26)7-13-2-3-19(17(24)6-13)32-20-4-5-27-22-21(20)14(9-25)10-28-22/h2-6,10,15-16,18H,7-8,11-12,26H2,1H3,(H,27,28)/t15-,16+,18+/m1/s1. The maximum absolute atomic E-state index is 14.8. The van der Waals surface area contributed by atoms with Crippen molar-refractivity contribution in [1.82, 2.24) is 19.8 Å². The maximum atomic E-state index is 14.8. The minimum absolute atomic E-state index is 0.0196. The molecule has 32 heavy (non-hydrogen) atoms. The SMILES string of the molecule is CN1C[C@@H]2C[C@@H]1CN2C(=O)[C@@H](N)Cc1ccc(Oc2ccnc3[nH]cc(C#N)c23)c(F)c1. The Balaban J connectivity index is 1.29. The van der Waals surface area contributed by atoms with Crippen LogP contribution in [0.3, 0.4) is 0 Å². The van der Waals surface area contributed by atoms with Crippen molar-refractivity contribution in [1.29, 1.82) is 5.26 Å². The smallest absolute Gasteiger partial charge is 0.240 e. The van der Waals surface area contributed by atoms with Gasteiger partial charge in [0, 0.05) is 37.6 Å². The number of likely N-dealkylation sites (N-methyl/N-ethyl adjacent to an activating group) is 1. The second-order valence-electron chi connectivity index (χ2n) is 8.50. The fourth-order valence-electron chi connectivity index (χ4n) is 4.76. The number of H-pyrrole nitrogens is 1. The Hall–Kier alpha value is -3.48. The van der Waals surface area contributed by atoms with E-state index in [1.54, 1.807) is 12.1 Å². The summed E-state index contributed by atoms with van der Waals surface area (Å²) in [5.74, 6) is -0.295. The Morgan fingerprint density at radius 1 is 1.38 bits per heavy atom. The van der Waals surface area contributed by atoms with Gasteiger partial charge in [-0.2, -0.15) is 5.26 Å². The summed E-state index contributed by atoms with van der Waals surface area (Å²) in [4.78, 5) is 24.0. The van der Waals surface area contributed by atoms with Crippen LogP contribution in [0.1, 0.15) is 17.5 Å². The van der Waals surface area contributed by atoms with Gasteiger partial charge in [0.15, 0.2) is 11.6 Å². The number of rotatable bonds is 5. The van der Waals surface area contributed by atoms with Gasteiger partial charge >= 0.3 is 0 Å². The van der Waals surface area contributed by atoms with E-state index in [9.17, 15) is 14.4 Å². The molecule has 9 heteroatoms. The molecule has 2 saturated heterocycles. The van der Waals surface area contributed by atoms with Crippen molar-refractivity contribution in [3.63, 3.8) is 0 Å². The second-order valence-corrected chi connectivity index (χ2v) is 8.50. The molecule has 1 amide bonds. The van der Waals surface area contributed by atoms with E-state index < -0.39 is 11.9 Å². The van der Waals surface area contributed by atoms with Gasteiger partial charge in [-0.25, -0.2) is 9.37 Å². The highest BCUT2D eigenvalue weighted by atomic mass is 19.1. The molecule has 3 aromatic rings.